The predicted octanol–water partition coefficient (Wildman–Crippen LogP) is 5.76. The molecular weight excluding hydrogens is 383 g/mol. The van der Waals surface area contributed by atoms with E-state index in [1.165, 1.54) is 0 Å². The number of rotatable bonds is 2. The van der Waals surface area contributed by atoms with Crippen LogP contribution in [0.2, 0.25) is 10.0 Å². The highest BCUT2D eigenvalue weighted by atomic mass is 35.5. The van der Waals surface area contributed by atoms with E-state index in [-0.39, 0.29) is 11.4 Å². The summed E-state index contributed by atoms with van der Waals surface area (Å²) in [7, 11) is 1.63. The zero-order chi connectivity index (χ0) is 19.5. The Morgan fingerprint density at radius 1 is 1.15 bits per heavy atom. The normalized spacial score (nSPS) is 21.6. The van der Waals surface area contributed by atoms with Crippen LogP contribution in [0, 0.1) is 0 Å². The van der Waals surface area contributed by atoms with Crippen molar-refractivity contribution in [1.29, 1.82) is 0 Å². The average molecular weight is 403 g/mol. The lowest BCUT2D eigenvalue weighted by atomic mass is 9.80. The number of benzene rings is 2. The smallest absolute Gasteiger partial charge is 0.278 e. The molecular formula is C21H20Cl2N2O2. The van der Waals surface area contributed by atoms with Crippen LogP contribution in [0.4, 0.5) is 11.4 Å². The first kappa shape index (κ1) is 18.3. The zero-order valence-electron chi connectivity index (χ0n) is 15.6. The number of aliphatic imine (C=N–C) groups is 1. The minimum Gasteiger partial charge on any atom is -0.497 e. The van der Waals surface area contributed by atoms with E-state index in [2.05, 4.69) is 25.8 Å². The second-order valence-electron chi connectivity index (χ2n) is 7.76. The molecule has 6 heteroatoms. The van der Waals surface area contributed by atoms with Crippen molar-refractivity contribution in [2.45, 2.75) is 38.6 Å². The molecule has 2 aliphatic heterocycles. The minimum atomic E-state index is -0.296. The van der Waals surface area contributed by atoms with E-state index < -0.39 is 0 Å². The highest BCUT2D eigenvalue weighted by Gasteiger charge is 2.48. The molecule has 0 N–H and O–H groups in total. The number of hydrogen-bond donors (Lipinski definition) is 0. The number of nitrogens with zero attached hydrogens (tertiary/aromatic N) is 2. The summed E-state index contributed by atoms with van der Waals surface area (Å²) in [5.41, 5.74) is 3.51. The third-order valence-electron chi connectivity index (χ3n) is 5.26. The quantitative estimate of drug-likeness (QED) is 0.640. The van der Waals surface area contributed by atoms with Crippen molar-refractivity contribution in [2.75, 3.05) is 12.0 Å². The minimum absolute atomic E-state index is 0.104. The Labute approximate surface area is 168 Å². The van der Waals surface area contributed by atoms with Crippen molar-refractivity contribution in [2.24, 2.45) is 4.99 Å². The first-order valence-corrected chi connectivity index (χ1v) is 9.58. The summed E-state index contributed by atoms with van der Waals surface area (Å²) in [5, 5.41) is 0.961. The molecule has 2 aliphatic rings. The molecule has 0 aromatic heterocycles. The molecule has 4 rings (SSSR count). The van der Waals surface area contributed by atoms with Gasteiger partial charge in [-0.3, -0.25) is 4.79 Å². The molecule has 0 radical (unpaired) electrons. The lowest BCUT2D eigenvalue weighted by Crippen LogP contribution is -2.50. The number of hydrogen-bond acceptors (Lipinski definition) is 3. The van der Waals surface area contributed by atoms with Gasteiger partial charge in [0.25, 0.3) is 5.91 Å². The molecule has 27 heavy (non-hydrogen) atoms. The number of carbonyl (C=O) groups is 1. The molecule has 2 aromatic carbocycles. The fourth-order valence-corrected chi connectivity index (χ4v) is 4.76. The molecule has 2 aromatic rings. The van der Waals surface area contributed by atoms with Crippen molar-refractivity contribution >= 4 is 46.2 Å². The van der Waals surface area contributed by atoms with Gasteiger partial charge in [0.15, 0.2) is 0 Å². The Bertz CT molecular complexity index is 978. The van der Waals surface area contributed by atoms with Crippen molar-refractivity contribution < 1.29 is 9.53 Å². The second-order valence-corrected chi connectivity index (χ2v) is 8.63. The largest absolute Gasteiger partial charge is 0.497 e. The number of ether oxygens (including phenoxy) is 1. The van der Waals surface area contributed by atoms with Gasteiger partial charge >= 0.3 is 0 Å². The van der Waals surface area contributed by atoms with Gasteiger partial charge in [0.05, 0.1) is 18.5 Å². The predicted molar refractivity (Wildman–Crippen MR) is 110 cm³/mol. The van der Waals surface area contributed by atoms with E-state index in [4.69, 9.17) is 27.9 Å². The molecule has 1 atom stereocenters. The summed E-state index contributed by atoms with van der Waals surface area (Å²) in [5.74, 6) is 0.933. The first-order chi connectivity index (χ1) is 12.7. The Kier molecular flexibility index (Phi) is 4.24. The Balaban J connectivity index is 1.98. The van der Waals surface area contributed by atoms with Gasteiger partial charge < -0.3 is 9.64 Å². The van der Waals surface area contributed by atoms with Crippen LogP contribution in [0.15, 0.2) is 35.3 Å². The van der Waals surface area contributed by atoms with Gasteiger partial charge in [-0.2, -0.15) is 0 Å². The van der Waals surface area contributed by atoms with Crippen LogP contribution in [0.1, 0.15) is 44.2 Å². The van der Waals surface area contributed by atoms with E-state index >= 15 is 0 Å². The molecule has 0 bridgehead atoms. The monoisotopic (exact) mass is 402 g/mol. The summed E-state index contributed by atoms with van der Waals surface area (Å²) >= 11 is 12.2. The summed E-state index contributed by atoms with van der Waals surface area (Å²) in [6.07, 6.45) is 0.870. The molecule has 0 aliphatic carbocycles. The fraction of sp³-hybridized carbons (Fsp3) is 0.333. The maximum absolute atomic E-state index is 13.4. The molecule has 1 amide bonds. The molecule has 0 unspecified atom stereocenters. The second kappa shape index (κ2) is 6.25. The summed E-state index contributed by atoms with van der Waals surface area (Å²) in [6, 6.07) is 8.95. The fourth-order valence-electron chi connectivity index (χ4n) is 4.24. The van der Waals surface area contributed by atoms with Crippen molar-refractivity contribution in [3.8, 4) is 5.75 Å². The van der Waals surface area contributed by atoms with Crippen molar-refractivity contribution in [3.63, 3.8) is 0 Å². The summed E-state index contributed by atoms with van der Waals surface area (Å²) in [6.45, 7) is 6.37. The number of methoxy groups -OCH3 is 1. The van der Waals surface area contributed by atoms with E-state index in [0.29, 0.717) is 27.4 Å². The standard InChI is InChI=1S/C21H20Cl2N2O2/c1-11-10-21(2,3)25-19-16(11)8-15(27-4)9-17(19)18(20(25)26)24-14-6-12(22)5-13(23)7-14/h5-9,11H,10H2,1-4H3/t11-/m0/s1. The molecule has 4 nitrogen and oxygen atoms in total. The van der Waals surface area contributed by atoms with Crippen LogP contribution in [-0.4, -0.2) is 24.3 Å². The van der Waals surface area contributed by atoms with Gasteiger partial charge in [-0.15, -0.1) is 0 Å². The van der Waals surface area contributed by atoms with Gasteiger partial charge in [-0.05, 0) is 62.1 Å². The van der Waals surface area contributed by atoms with E-state index in [1.54, 1.807) is 25.3 Å². The highest BCUT2D eigenvalue weighted by molar-refractivity contribution is 6.55. The third kappa shape index (κ3) is 2.91. The Morgan fingerprint density at radius 2 is 1.81 bits per heavy atom. The Hall–Kier alpha value is -2.04. The Morgan fingerprint density at radius 3 is 2.44 bits per heavy atom. The van der Waals surface area contributed by atoms with Gasteiger partial charge in [0.1, 0.15) is 11.5 Å². The number of anilines is 1. The molecule has 140 valence electrons. The summed E-state index contributed by atoms with van der Waals surface area (Å²) in [4.78, 5) is 19.9. The molecule has 2 heterocycles. The third-order valence-corrected chi connectivity index (χ3v) is 5.70. The van der Waals surface area contributed by atoms with E-state index in [1.807, 2.05) is 17.0 Å². The van der Waals surface area contributed by atoms with Crippen LogP contribution in [-0.2, 0) is 4.79 Å². The number of amides is 1. The number of carbonyl (C=O) groups excluding carboxylic acids is 1. The van der Waals surface area contributed by atoms with Gasteiger partial charge in [-0.25, -0.2) is 4.99 Å². The van der Waals surface area contributed by atoms with Crippen LogP contribution in [0.5, 0.6) is 5.75 Å². The molecule has 0 saturated heterocycles. The maximum atomic E-state index is 13.4. The molecule has 0 saturated carbocycles. The van der Waals surface area contributed by atoms with Gasteiger partial charge in [-0.1, -0.05) is 30.1 Å². The van der Waals surface area contributed by atoms with Gasteiger partial charge in [0, 0.05) is 21.1 Å². The maximum Gasteiger partial charge on any atom is 0.278 e. The van der Waals surface area contributed by atoms with Gasteiger partial charge in [0.2, 0.25) is 0 Å². The van der Waals surface area contributed by atoms with E-state index in [0.717, 1.165) is 29.0 Å². The van der Waals surface area contributed by atoms with Crippen molar-refractivity contribution in [1.82, 2.24) is 0 Å². The van der Waals surface area contributed by atoms with Crippen LogP contribution < -0.4 is 9.64 Å². The number of halogens is 2. The molecule has 0 spiro atoms. The van der Waals surface area contributed by atoms with Crippen LogP contribution in [0.25, 0.3) is 0 Å². The SMILES string of the molecule is COc1cc2c3c(c1)[C@@H](C)CC(C)(C)N3C(=O)C2=Nc1cc(Cl)cc(Cl)c1. The lowest BCUT2D eigenvalue weighted by Gasteiger charge is -2.43. The zero-order valence-corrected chi connectivity index (χ0v) is 17.1. The van der Waals surface area contributed by atoms with Crippen LogP contribution in [0.3, 0.4) is 0 Å². The molecule has 0 fully saturated rings. The highest BCUT2D eigenvalue weighted by Crippen LogP contribution is 2.50. The summed E-state index contributed by atoms with van der Waals surface area (Å²) < 4.78 is 5.49. The lowest BCUT2D eigenvalue weighted by molar-refractivity contribution is -0.113. The van der Waals surface area contributed by atoms with Crippen molar-refractivity contribution in [3.05, 3.63) is 51.5 Å². The van der Waals surface area contributed by atoms with E-state index in [9.17, 15) is 4.79 Å². The first-order valence-electron chi connectivity index (χ1n) is 8.83. The topological polar surface area (TPSA) is 41.9 Å². The average Bonchev–Trinajstić information content (AvgIpc) is 2.84. The van der Waals surface area contributed by atoms with Crippen LogP contribution >= 0.6 is 23.2 Å².